The van der Waals surface area contributed by atoms with Gasteiger partial charge in [-0.05, 0) is 43.3 Å². The molecule has 0 saturated heterocycles. The van der Waals surface area contributed by atoms with Crippen molar-refractivity contribution in [2.24, 2.45) is 5.92 Å². The predicted octanol–water partition coefficient (Wildman–Crippen LogP) is 3.62. The van der Waals surface area contributed by atoms with E-state index in [0.717, 1.165) is 5.92 Å². The molecule has 0 radical (unpaired) electrons. The second-order valence-electron chi connectivity index (χ2n) is 4.08. The molecule has 0 amide bonds. The summed E-state index contributed by atoms with van der Waals surface area (Å²) in [5, 5.41) is 0. The van der Waals surface area contributed by atoms with Crippen LogP contribution in [0.1, 0.15) is 33.1 Å². The molecule has 0 saturated carbocycles. The molecular weight excluding hydrogens is 144 g/mol. The lowest BCUT2D eigenvalue weighted by Crippen LogP contribution is -2.04. The highest BCUT2D eigenvalue weighted by molar-refractivity contribution is 5.41. The zero-order chi connectivity index (χ0) is 8.55. The van der Waals surface area contributed by atoms with Gasteiger partial charge in [-0.3, -0.25) is 0 Å². The maximum atomic E-state index is 2.39. The molecule has 0 aromatic heterocycles. The van der Waals surface area contributed by atoms with Crippen LogP contribution < -0.4 is 0 Å². The van der Waals surface area contributed by atoms with E-state index in [-0.39, 0.29) is 0 Å². The van der Waals surface area contributed by atoms with E-state index in [4.69, 9.17) is 0 Å². The number of hydrogen-bond acceptors (Lipinski definition) is 0. The lowest BCUT2D eigenvalue weighted by molar-refractivity contribution is 0.694. The third-order valence-corrected chi connectivity index (χ3v) is 2.79. The molecular formula is C12H16. The molecule has 2 rings (SSSR count). The second kappa shape index (κ2) is 2.93. The summed E-state index contributed by atoms with van der Waals surface area (Å²) in [7, 11) is 0. The van der Waals surface area contributed by atoms with Crippen molar-refractivity contribution in [1.82, 2.24) is 0 Å². The van der Waals surface area contributed by atoms with Crippen molar-refractivity contribution in [1.29, 1.82) is 0 Å². The van der Waals surface area contributed by atoms with Crippen molar-refractivity contribution >= 4 is 0 Å². The number of hydrogen-bond donors (Lipinski definition) is 0. The van der Waals surface area contributed by atoms with Crippen molar-refractivity contribution < 1.29 is 0 Å². The summed E-state index contributed by atoms with van der Waals surface area (Å²) >= 11 is 0. The van der Waals surface area contributed by atoms with E-state index in [0.29, 0.717) is 0 Å². The summed E-state index contributed by atoms with van der Waals surface area (Å²) in [6, 6.07) is 0. The summed E-state index contributed by atoms with van der Waals surface area (Å²) < 4.78 is 0. The molecule has 0 heterocycles. The predicted molar refractivity (Wildman–Crippen MR) is 52.9 cm³/mol. The minimum absolute atomic E-state index is 0.742. The van der Waals surface area contributed by atoms with E-state index in [1.165, 1.54) is 19.3 Å². The smallest absolute Gasteiger partial charge is 0.0215 e. The lowest BCUT2D eigenvalue weighted by atomic mass is 9.84. The average Bonchev–Trinajstić information content (AvgIpc) is 2.03. The van der Waals surface area contributed by atoms with Crippen LogP contribution in [0, 0.1) is 5.92 Å². The molecule has 1 atom stereocenters. The molecule has 0 bridgehead atoms. The zero-order valence-electron chi connectivity index (χ0n) is 7.93. The summed E-state index contributed by atoms with van der Waals surface area (Å²) in [5.41, 5.74) is 4.73. The fraction of sp³-hybridized carbons (Fsp3) is 0.500. The van der Waals surface area contributed by atoms with E-state index < -0.39 is 0 Å². The Morgan fingerprint density at radius 1 is 1.25 bits per heavy atom. The van der Waals surface area contributed by atoms with Gasteiger partial charge >= 0.3 is 0 Å². The van der Waals surface area contributed by atoms with Gasteiger partial charge in [0.05, 0.1) is 0 Å². The summed E-state index contributed by atoms with van der Waals surface area (Å²) in [6.45, 7) is 4.53. The Hall–Kier alpha value is -0.780. The van der Waals surface area contributed by atoms with Crippen LogP contribution in [0.3, 0.4) is 0 Å². The van der Waals surface area contributed by atoms with Gasteiger partial charge in [0.25, 0.3) is 0 Å². The van der Waals surface area contributed by atoms with Gasteiger partial charge in [0.15, 0.2) is 0 Å². The van der Waals surface area contributed by atoms with Gasteiger partial charge in [0.2, 0.25) is 0 Å². The number of rotatable bonds is 0. The van der Waals surface area contributed by atoms with E-state index >= 15 is 0 Å². The second-order valence-corrected chi connectivity index (χ2v) is 4.08. The van der Waals surface area contributed by atoms with Crippen molar-refractivity contribution in [2.75, 3.05) is 0 Å². The summed E-state index contributed by atoms with van der Waals surface area (Å²) in [6.07, 6.45) is 10.8. The molecule has 1 unspecified atom stereocenters. The molecule has 0 aromatic rings. The summed E-state index contributed by atoms with van der Waals surface area (Å²) in [5.74, 6) is 0.742. The van der Waals surface area contributed by atoms with Crippen molar-refractivity contribution in [3.8, 4) is 0 Å². The Morgan fingerprint density at radius 2 is 2.08 bits per heavy atom. The third kappa shape index (κ3) is 1.38. The zero-order valence-corrected chi connectivity index (χ0v) is 7.93. The van der Waals surface area contributed by atoms with Crippen LogP contribution >= 0.6 is 0 Å². The SMILES string of the molecule is CC1=CC2=C(C=CC(C)C2)CC1. The molecule has 64 valence electrons. The Kier molecular flexibility index (Phi) is 1.92. The minimum Gasteiger partial charge on any atom is -0.0811 e. The molecule has 0 N–H and O–H groups in total. The van der Waals surface area contributed by atoms with E-state index in [9.17, 15) is 0 Å². The van der Waals surface area contributed by atoms with Gasteiger partial charge in [-0.15, -0.1) is 0 Å². The fourth-order valence-corrected chi connectivity index (χ4v) is 2.03. The molecule has 0 aliphatic heterocycles. The Balaban J connectivity index is 2.30. The van der Waals surface area contributed by atoms with Gasteiger partial charge in [-0.25, -0.2) is 0 Å². The van der Waals surface area contributed by atoms with Crippen LogP contribution in [0.2, 0.25) is 0 Å². The van der Waals surface area contributed by atoms with Crippen LogP contribution in [0.15, 0.2) is 34.9 Å². The first-order chi connectivity index (χ1) is 5.75. The van der Waals surface area contributed by atoms with Gasteiger partial charge in [-0.2, -0.15) is 0 Å². The monoisotopic (exact) mass is 160 g/mol. The first-order valence-corrected chi connectivity index (χ1v) is 4.83. The molecule has 2 aliphatic carbocycles. The van der Waals surface area contributed by atoms with Gasteiger partial charge in [-0.1, -0.05) is 30.7 Å². The van der Waals surface area contributed by atoms with Crippen LogP contribution in [-0.2, 0) is 0 Å². The highest BCUT2D eigenvalue weighted by Crippen LogP contribution is 2.32. The molecule has 0 aromatic carbocycles. The van der Waals surface area contributed by atoms with Crippen molar-refractivity contribution in [3.63, 3.8) is 0 Å². The van der Waals surface area contributed by atoms with E-state index in [2.05, 4.69) is 32.1 Å². The van der Waals surface area contributed by atoms with Crippen LogP contribution in [0.25, 0.3) is 0 Å². The largest absolute Gasteiger partial charge is 0.0811 e. The van der Waals surface area contributed by atoms with Crippen molar-refractivity contribution in [3.05, 3.63) is 34.9 Å². The number of allylic oxidation sites excluding steroid dienone is 6. The maximum Gasteiger partial charge on any atom is -0.0215 e. The molecule has 12 heavy (non-hydrogen) atoms. The van der Waals surface area contributed by atoms with Gasteiger partial charge < -0.3 is 0 Å². The van der Waals surface area contributed by atoms with Crippen LogP contribution in [-0.4, -0.2) is 0 Å². The Labute approximate surface area is 74.7 Å². The Bertz CT molecular complexity index is 276. The molecule has 0 fully saturated rings. The van der Waals surface area contributed by atoms with Gasteiger partial charge in [0, 0.05) is 0 Å². The van der Waals surface area contributed by atoms with E-state index in [1.54, 1.807) is 16.7 Å². The highest BCUT2D eigenvalue weighted by Gasteiger charge is 2.14. The average molecular weight is 160 g/mol. The Morgan fingerprint density at radius 3 is 2.92 bits per heavy atom. The minimum atomic E-state index is 0.742. The molecule has 2 aliphatic rings. The quantitative estimate of drug-likeness (QED) is 0.507. The van der Waals surface area contributed by atoms with Crippen molar-refractivity contribution in [2.45, 2.75) is 33.1 Å². The van der Waals surface area contributed by atoms with E-state index in [1.807, 2.05) is 0 Å². The third-order valence-electron chi connectivity index (χ3n) is 2.79. The first kappa shape index (κ1) is 7.85. The molecule has 0 spiro atoms. The summed E-state index contributed by atoms with van der Waals surface area (Å²) in [4.78, 5) is 0. The van der Waals surface area contributed by atoms with Crippen LogP contribution in [0.5, 0.6) is 0 Å². The molecule has 0 nitrogen and oxygen atoms in total. The standard InChI is InChI=1S/C12H16/c1-9-3-5-11-6-4-10(2)8-12(11)7-9/h3,5,8-9H,4,6-7H2,1-2H3. The fourth-order valence-electron chi connectivity index (χ4n) is 2.03. The van der Waals surface area contributed by atoms with Crippen LogP contribution in [0.4, 0.5) is 0 Å². The molecule has 0 heteroatoms. The normalized spacial score (nSPS) is 28.5. The maximum absolute atomic E-state index is 2.39. The highest BCUT2D eigenvalue weighted by atomic mass is 14.2. The van der Waals surface area contributed by atoms with Gasteiger partial charge in [0.1, 0.15) is 0 Å². The topological polar surface area (TPSA) is 0 Å². The lowest BCUT2D eigenvalue weighted by Gasteiger charge is -2.22. The first-order valence-electron chi connectivity index (χ1n) is 4.83.